The molecule has 21 heavy (non-hydrogen) atoms. The van der Waals surface area contributed by atoms with Gasteiger partial charge in [0.05, 0.1) is 5.02 Å². The first-order valence-corrected chi connectivity index (χ1v) is 8.11. The van der Waals surface area contributed by atoms with Crippen LogP contribution in [0.25, 0.3) is 0 Å². The zero-order valence-electron chi connectivity index (χ0n) is 11.7. The molecular weight excluding hydrogens is 352 g/mol. The molecule has 0 radical (unpaired) electrons. The van der Waals surface area contributed by atoms with Crippen molar-refractivity contribution in [2.45, 2.75) is 32.4 Å². The molecule has 1 fully saturated rings. The topological polar surface area (TPSA) is 34.1 Å². The molecule has 110 valence electrons. The Morgan fingerprint density at radius 3 is 2.90 bits per heavy atom. The number of aryl methyl sites for hydroxylation is 1. The monoisotopic (exact) mass is 366 g/mol. The highest BCUT2D eigenvalue weighted by molar-refractivity contribution is 9.10. The normalized spacial score (nSPS) is 14.2. The van der Waals surface area contributed by atoms with Crippen molar-refractivity contribution in [1.29, 1.82) is 0 Å². The van der Waals surface area contributed by atoms with Gasteiger partial charge in [-0.2, -0.15) is 0 Å². The van der Waals surface area contributed by atoms with Crippen LogP contribution >= 0.6 is 27.5 Å². The molecule has 0 unspecified atom stereocenters. The van der Waals surface area contributed by atoms with Gasteiger partial charge in [-0.15, -0.1) is 0 Å². The van der Waals surface area contributed by atoms with E-state index in [1.807, 2.05) is 25.1 Å². The Labute approximate surface area is 137 Å². The molecule has 0 bridgehead atoms. The number of nitrogens with zero attached hydrogens (tertiary/aromatic N) is 1. The molecule has 1 aliphatic carbocycles. The summed E-state index contributed by atoms with van der Waals surface area (Å²) in [5.41, 5.74) is 2.11. The molecule has 1 heterocycles. The molecule has 1 N–H and O–H groups in total. The molecule has 3 nitrogen and oxygen atoms in total. The smallest absolute Gasteiger partial charge is 0.219 e. The van der Waals surface area contributed by atoms with Gasteiger partial charge in [0, 0.05) is 28.8 Å². The maximum Gasteiger partial charge on any atom is 0.219 e. The molecule has 1 aliphatic rings. The maximum absolute atomic E-state index is 6.15. The molecule has 5 heteroatoms. The van der Waals surface area contributed by atoms with Crippen LogP contribution < -0.4 is 10.1 Å². The second-order valence-corrected chi connectivity index (χ2v) is 6.61. The summed E-state index contributed by atoms with van der Waals surface area (Å²) in [7, 11) is 0. The van der Waals surface area contributed by atoms with Crippen LogP contribution in [0.15, 0.2) is 34.8 Å². The first-order chi connectivity index (χ1) is 10.1. The van der Waals surface area contributed by atoms with Crippen molar-refractivity contribution >= 4 is 27.5 Å². The zero-order valence-corrected chi connectivity index (χ0v) is 14.0. The third kappa shape index (κ3) is 4.19. The second-order valence-electron chi connectivity index (χ2n) is 5.29. The Hall–Kier alpha value is -1.10. The van der Waals surface area contributed by atoms with E-state index in [9.17, 15) is 0 Å². The molecular formula is C16H16BrClN2O. The lowest BCUT2D eigenvalue weighted by Gasteiger charge is -2.10. The number of ether oxygens (including phenoxy) is 1. The number of aromatic nitrogens is 1. The van der Waals surface area contributed by atoms with E-state index >= 15 is 0 Å². The van der Waals surface area contributed by atoms with E-state index in [1.165, 1.54) is 18.4 Å². The third-order valence-corrected chi connectivity index (χ3v) is 4.08. The first kappa shape index (κ1) is 14.8. The lowest BCUT2D eigenvalue weighted by Crippen LogP contribution is -2.15. The summed E-state index contributed by atoms with van der Waals surface area (Å²) < 4.78 is 6.75. The Morgan fingerprint density at radius 2 is 2.14 bits per heavy atom. The molecule has 0 aliphatic heterocycles. The van der Waals surface area contributed by atoms with E-state index in [2.05, 4.69) is 32.3 Å². The molecule has 0 atom stereocenters. The van der Waals surface area contributed by atoms with Crippen LogP contribution in [0.3, 0.4) is 0 Å². The van der Waals surface area contributed by atoms with Crippen LogP contribution in [-0.2, 0) is 6.54 Å². The molecule has 0 amide bonds. The summed E-state index contributed by atoms with van der Waals surface area (Å²) in [6.07, 6.45) is 2.56. The summed E-state index contributed by atoms with van der Waals surface area (Å²) in [6, 6.07) is 10.2. The van der Waals surface area contributed by atoms with Crippen molar-refractivity contribution in [1.82, 2.24) is 10.3 Å². The van der Waals surface area contributed by atoms with Crippen molar-refractivity contribution in [2.24, 2.45) is 0 Å². The van der Waals surface area contributed by atoms with Gasteiger partial charge >= 0.3 is 0 Å². The fourth-order valence-corrected chi connectivity index (χ4v) is 2.58. The highest BCUT2D eigenvalue weighted by atomic mass is 79.9. The summed E-state index contributed by atoms with van der Waals surface area (Å²) in [4.78, 5) is 4.42. The predicted octanol–water partition coefficient (Wildman–Crippen LogP) is 4.85. The maximum atomic E-state index is 6.15. The van der Waals surface area contributed by atoms with Gasteiger partial charge in [-0.25, -0.2) is 4.98 Å². The highest BCUT2D eigenvalue weighted by Gasteiger charge is 2.20. The number of hydrogen-bond donors (Lipinski definition) is 1. The van der Waals surface area contributed by atoms with E-state index in [-0.39, 0.29) is 0 Å². The Balaban J connectivity index is 1.78. The van der Waals surface area contributed by atoms with Crippen LogP contribution in [0.4, 0.5) is 0 Å². The van der Waals surface area contributed by atoms with E-state index in [0.717, 1.165) is 16.7 Å². The van der Waals surface area contributed by atoms with E-state index in [0.29, 0.717) is 22.7 Å². The molecule has 1 aromatic heterocycles. The van der Waals surface area contributed by atoms with Crippen molar-refractivity contribution in [3.63, 3.8) is 0 Å². The summed E-state index contributed by atoms with van der Waals surface area (Å²) in [5, 5.41) is 4.06. The van der Waals surface area contributed by atoms with Crippen molar-refractivity contribution in [3.8, 4) is 11.6 Å². The van der Waals surface area contributed by atoms with Crippen LogP contribution in [0, 0.1) is 6.92 Å². The molecule has 1 saturated carbocycles. The van der Waals surface area contributed by atoms with Crippen LogP contribution in [0.2, 0.25) is 5.02 Å². The average Bonchev–Trinajstić information content (AvgIpc) is 3.24. The zero-order chi connectivity index (χ0) is 14.8. The van der Waals surface area contributed by atoms with Crippen molar-refractivity contribution in [2.75, 3.05) is 0 Å². The van der Waals surface area contributed by atoms with Gasteiger partial charge in [0.15, 0.2) is 0 Å². The molecule has 0 spiro atoms. The molecule has 3 rings (SSSR count). The highest BCUT2D eigenvalue weighted by Crippen LogP contribution is 2.31. The number of halogens is 2. The van der Waals surface area contributed by atoms with Crippen molar-refractivity contribution in [3.05, 3.63) is 51.1 Å². The van der Waals surface area contributed by atoms with E-state index < -0.39 is 0 Å². The minimum absolute atomic E-state index is 0.569. The summed E-state index contributed by atoms with van der Waals surface area (Å²) >= 11 is 9.57. The minimum Gasteiger partial charge on any atom is -0.437 e. The van der Waals surface area contributed by atoms with Crippen LogP contribution in [0.5, 0.6) is 11.6 Å². The predicted molar refractivity (Wildman–Crippen MR) is 88.1 cm³/mol. The van der Waals surface area contributed by atoms with Gasteiger partial charge in [-0.05, 0) is 49.6 Å². The van der Waals surface area contributed by atoms with E-state index in [4.69, 9.17) is 16.3 Å². The number of nitrogens with one attached hydrogen (secondary N) is 1. The van der Waals surface area contributed by atoms with Gasteiger partial charge in [-0.3, -0.25) is 0 Å². The third-order valence-electron chi connectivity index (χ3n) is 3.27. The first-order valence-electron chi connectivity index (χ1n) is 6.94. The Morgan fingerprint density at radius 1 is 1.33 bits per heavy atom. The molecule has 1 aromatic carbocycles. The quantitative estimate of drug-likeness (QED) is 0.820. The Kier molecular flexibility index (Phi) is 4.48. The van der Waals surface area contributed by atoms with Crippen LogP contribution in [-0.4, -0.2) is 11.0 Å². The van der Waals surface area contributed by atoms with Gasteiger partial charge in [0.2, 0.25) is 5.88 Å². The van der Waals surface area contributed by atoms with Gasteiger partial charge in [0.1, 0.15) is 5.75 Å². The molecule has 0 saturated heterocycles. The number of hydrogen-bond acceptors (Lipinski definition) is 3. The average molecular weight is 368 g/mol. The number of pyridine rings is 1. The standard InChI is InChI=1S/C16H16BrClN2O/c1-10-6-11(9-19-13-3-4-13)7-16(20-10)21-15-8-12(17)2-5-14(15)18/h2,5-8,13,19H,3-4,9H2,1H3. The fraction of sp³-hybridized carbons (Fsp3) is 0.312. The van der Waals surface area contributed by atoms with Gasteiger partial charge in [0.25, 0.3) is 0 Å². The fourth-order valence-electron chi connectivity index (χ4n) is 2.08. The minimum atomic E-state index is 0.569. The SMILES string of the molecule is Cc1cc(CNC2CC2)cc(Oc2cc(Br)ccc2Cl)n1. The van der Waals surface area contributed by atoms with Gasteiger partial charge in [-0.1, -0.05) is 27.5 Å². The van der Waals surface area contributed by atoms with Crippen LogP contribution in [0.1, 0.15) is 24.1 Å². The van der Waals surface area contributed by atoms with E-state index in [1.54, 1.807) is 6.07 Å². The Bertz CT molecular complexity index is 659. The lowest BCUT2D eigenvalue weighted by atomic mass is 10.2. The summed E-state index contributed by atoms with van der Waals surface area (Å²) in [5.74, 6) is 1.17. The number of rotatable bonds is 5. The van der Waals surface area contributed by atoms with Crippen molar-refractivity contribution < 1.29 is 4.74 Å². The largest absolute Gasteiger partial charge is 0.437 e. The summed E-state index contributed by atoms with van der Waals surface area (Å²) in [6.45, 7) is 2.81. The van der Waals surface area contributed by atoms with Gasteiger partial charge < -0.3 is 10.1 Å². The number of benzene rings is 1. The molecule has 2 aromatic rings. The lowest BCUT2D eigenvalue weighted by molar-refractivity contribution is 0.460. The second kappa shape index (κ2) is 6.34.